The monoisotopic (exact) mass is 416 g/mol. The molecule has 1 saturated heterocycles. The van der Waals surface area contributed by atoms with Crippen LogP contribution < -0.4 is 5.43 Å². The van der Waals surface area contributed by atoms with E-state index < -0.39 is 22.8 Å². The summed E-state index contributed by atoms with van der Waals surface area (Å²) in [4.78, 5) is 25.5. The Morgan fingerprint density at radius 2 is 1.52 bits per heavy atom. The SMILES string of the molecule is CC(c1ccccc1)(c1ccccc1)C1N2CCCCN2C(=O)c2c(O)c(=O)cnn21. The predicted octanol–water partition coefficient (Wildman–Crippen LogP) is 2.92. The average molecular weight is 416 g/mol. The number of hydrogen-bond acceptors (Lipinski definition) is 5. The normalized spacial score (nSPS) is 19.1. The Hall–Kier alpha value is -3.45. The van der Waals surface area contributed by atoms with Crippen molar-refractivity contribution in [2.24, 2.45) is 0 Å². The molecule has 1 unspecified atom stereocenters. The molecule has 3 heterocycles. The number of fused-ring (bicyclic) bond motifs is 2. The molecule has 1 amide bonds. The van der Waals surface area contributed by atoms with E-state index in [2.05, 4.69) is 41.3 Å². The molecule has 0 aliphatic carbocycles. The Kier molecular flexibility index (Phi) is 4.63. The van der Waals surface area contributed by atoms with Crippen molar-refractivity contribution in [1.82, 2.24) is 19.8 Å². The van der Waals surface area contributed by atoms with Gasteiger partial charge in [0.15, 0.2) is 11.4 Å². The van der Waals surface area contributed by atoms with Gasteiger partial charge in [0.1, 0.15) is 6.17 Å². The number of carbonyl (C=O) groups is 1. The van der Waals surface area contributed by atoms with Gasteiger partial charge in [-0.2, -0.15) is 10.1 Å². The molecule has 1 N–H and O–H groups in total. The van der Waals surface area contributed by atoms with E-state index >= 15 is 0 Å². The zero-order valence-corrected chi connectivity index (χ0v) is 17.3. The van der Waals surface area contributed by atoms with Crippen molar-refractivity contribution in [3.8, 4) is 5.75 Å². The molecule has 1 aromatic heterocycles. The molecule has 2 aliphatic rings. The second-order valence-corrected chi connectivity index (χ2v) is 8.26. The van der Waals surface area contributed by atoms with E-state index in [1.54, 1.807) is 9.69 Å². The highest BCUT2D eigenvalue weighted by atomic mass is 16.3. The van der Waals surface area contributed by atoms with Crippen molar-refractivity contribution in [3.63, 3.8) is 0 Å². The zero-order valence-electron chi connectivity index (χ0n) is 17.3. The first kappa shape index (κ1) is 19.5. The number of amides is 1. The molecule has 5 rings (SSSR count). The Balaban J connectivity index is 1.83. The summed E-state index contributed by atoms with van der Waals surface area (Å²) in [7, 11) is 0. The van der Waals surface area contributed by atoms with Crippen LogP contribution in [0.25, 0.3) is 0 Å². The van der Waals surface area contributed by atoms with Gasteiger partial charge >= 0.3 is 0 Å². The highest BCUT2D eigenvalue weighted by Gasteiger charge is 2.51. The number of carbonyl (C=O) groups excluding carboxylic acids is 1. The van der Waals surface area contributed by atoms with Crippen LogP contribution >= 0.6 is 0 Å². The van der Waals surface area contributed by atoms with Crippen LogP contribution in [0.3, 0.4) is 0 Å². The topological polar surface area (TPSA) is 78.7 Å². The summed E-state index contributed by atoms with van der Waals surface area (Å²) in [5, 5.41) is 18.7. The van der Waals surface area contributed by atoms with Crippen LogP contribution in [-0.2, 0) is 5.41 Å². The largest absolute Gasteiger partial charge is 0.502 e. The van der Waals surface area contributed by atoms with E-state index in [0.29, 0.717) is 13.1 Å². The molecule has 7 heteroatoms. The van der Waals surface area contributed by atoms with E-state index in [1.165, 1.54) is 0 Å². The first-order valence-corrected chi connectivity index (χ1v) is 10.5. The molecular weight excluding hydrogens is 392 g/mol. The molecule has 7 nitrogen and oxygen atoms in total. The second kappa shape index (κ2) is 7.35. The van der Waals surface area contributed by atoms with Gasteiger partial charge in [-0.15, -0.1) is 0 Å². The van der Waals surface area contributed by atoms with Crippen LogP contribution in [-0.4, -0.2) is 43.9 Å². The number of rotatable bonds is 3. The fourth-order valence-electron chi connectivity index (χ4n) is 4.93. The van der Waals surface area contributed by atoms with E-state index in [4.69, 9.17) is 0 Å². The lowest BCUT2D eigenvalue weighted by Crippen LogP contribution is -2.62. The van der Waals surface area contributed by atoms with Gasteiger partial charge in [0.2, 0.25) is 5.43 Å². The van der Waals surface area contributed by atoms with Gasteiger partial charge in [-0.3, -0.25) is 14.6 Å². The van der Waals surface area contributed by atoms with Gasteiger partial charge in [0.25, 0.3) is 5.91 Å². The van der Waals surface area contributed by atoms with E-state index in [-0.39, 0.29) is 11.6 Å². The predicted molar refractivity (Wildman–Crippen MR) is 116 cm³/mol. The Morgan fingerprint density at radius 3 is 2.13 bits per heavy atom. The summed E-state index contributed by atoms with van der Waals surface area (Å²) in [6, 6.07) is 20.2. The summed E-state index contributed by atoms with van der Waals surface area (Å²) in [5.74, 6) is -0.930. The maximum absolute atomic E-state index is 13.3. The number of benzene rings is 2. The standard InChI is InChI=1S/C24H24N4O3/c1-24(17-10-4-2-5-11-17,18-12-6-3-7-13-18)23-27-15-9-8-14-26(27)22(31)20-21(30)19(29)16-25-28(20)23/h2-7,10-13,16,23,30H,8-9,14-15H2,1H3. The fraction of sp³-hybridized carbons (Fsp3) is 0.292. The van der Waals surface area contributed by atoms with E-state index in [9.17, 15) is 14.7 Å². The minimum atomic E-state index is -0.648. The summed E-state index contributed by atoms with van der Waals surface area (Å²) in [6.45, 7) is 3.35. The Bertz CT molecular complexity index is 1140. The number of hydrazine groups is 1. The molecule has 2 aliphatic heterocycles. The van der Waals surface area contributed by atoms with Crippen LogP contribution in [0.5, 0.6) is 5.75 Å². The third-order valence-corrected chi connectivity index (χ3v) is 6.52. The third kappa shape index (κ3) is 2.88. The van der Waals surface area contributed by atoms with Crippen molar-refractivity contribution in [2.75, 3.05) is 13.1 Å². The highest BCUT2D eigenvalue weighted by molar-refractivity contribution is 5.95. The minimum Gasteiger partial charge on any atom is -0.502 e. The van der Waals surface area contributed by atoms with Gasteiger partial charge in [-0.25, -0.2) is 4.68 Å². The van der Waals surface area contributed by atoms with Crippen LogP contribution in [0.2, 0.25) is 0 Å². The molecule has 2 aromatic carbocycles. The van der Waals surface area contributed by atoms with E-state index in [1.807, 2.05) is 36.4 Å². The third-order valence-electron chi connectivity index (χ3n) is 6.52. The van der Waals surface area contributed by atoms with Crippen LogP contribution in [0.15, 0.2) is 71.7 Å². The van der Waals surface area contributed by atoms with Gasteiger partial charge in [-0.1, -0.05) is 60.7 Å². The quantitative estimate of drug-likeness (QED) is 0.710. The van der Waals surface area contributed by atoms with E-state index in [0.717, 1.165) is 30.2 Å². The van der Waals surface area contributed by atoms with Crippen molar-refractivity contribution in [3.05, 3.63) is 93.9 Å². The van der Waals surface area contributed by atoms with Crippen LogP contribution in [0, 0.1) is 0 Å². The molecular formula is C24H24N4O3. The average Bonchev–Trinajstić information content (AvgIpc) is 2.82. The van der Waals surface area contributed by atoms with Crippen molar-refractivity contribution in [1.29, 1.82) is 0 Å². The molecule has 0 saturated carbocycles. The number of hydrogen-bond donors (Lipinski definition) is 1. The summed E-state index contributed by atoms with van der Waals surface area (Å²) in [5.41, 5.74) is 0.787. The fourth-order valence-corrected chi connectivity index (χ4v) is 4.93. The van der Waals surface area contributed by atoms with Crippen molar-refractivity contribution < 1.29 is 9.90 Å². The zero-order chi connectivity index (χ0) is 21.6. The highest BCUT2D eigenvalue weighted by Crippen LogP contribution is 2.47. The Morgan fingerprint density at radius 1 is 0.935 bits per heavy atom. The molecule has 1 atom stereocenters. The lowest BCUT2D eigenvalue weighted by molar-refractivity contribution is -0.117. The van der Waals surface area contributed by atoms with Gasteiger partial charge in [0, 0.05) is 13.1 Å². The van der Waals surface area contributed by atoms with Crippen molar-refractivity contribution >= 4 is 5.91 Å². The molecule has 31 heavy (non-hydrogen) atoms. The smallest absolute Gasteiger partial charge is 0.290 e. The molecule has 0 bridgehead atoms. The Labute approximate surface area is 180 Å². The lowest BCUT2D eigenvalue weighted by atomic mass is 9.72. The van der Waals surface area contributed by atoms with Gasteiger partial charge in [-0.05, 0) is 30.9 Å². The van der Waals surface area contributed by atoms with Gasteiger partial charge in [0.05, 0.1) is 11.6 Å². The minimum absolute atomic E-state index is 0.0475. The van der Waals surface area contributed by atoms with Crippen molar-refractivity contribution in [2.45, 2.75) is 31.3 Å². The molecule has 0 spiro atoms. The first-order valence-electron chi connectivity index (χ1n) is 10.5. The van der Waals surface area contributed by atoms with Gasteiger partial charge < -0.3 is 5.11 Å². The number of aromatic hydroxyl groups is 1. The molecule has 1 fully saturated rings. The van der Waals surface area contributed by atoms with Crippen LogP contribution in [0.1, 0.15) is 47.5 Å². The first-order chi connectivity index (χ1) is 15.0. The maximum atomic E-state index is 13.3. The number of nitrogens with zero attached hydrogens (tertiary/aromatic N) is 4. The molecule has 0 radical (unpaired) electrons. The molecule has 3 aromatic rings. The summed E-state index contributed by atoms with van der Waals surface area (Å²) < 4.78 is 1.54. The maximum Gasteiger partial charge on any atom is 0.290 e. The summed E-state index contributed by atoms with van der Waals surface area (Å²) >= 11 is 0. The number of aromatic nitrogens is 2. The lowest BCUT2D eigenvalue weighted by Gasteiger charge is -2.53. The summed E-state index contributed by atoms with van der Waals surface area (Å²) in [6.07, 6.45) is 2.46. The second-order valence-electron chi connectivity index (χ2n) is 8.26. The molecule has 158 valence electrons. The van der Waals surface area contributed by atoms with Crippen LogP contribution in [0.4, 0.5) is 0 Å².